The summed E-state index contributed by atoms with van der Waals surface area (Å²) in [6.45, 7) is 9.15. The van der Waals surface area contributed by atoms with E-state index >= 15 is 0 Å². The smallest absolute Gasteiger partial charge is 0.339 e. The summed E-state index contributed by atoms with van der Waals surface area (Å²) in [7, 11) is 1.40. The summed E-state index contributed by atoms with van der Waals surface area (Å²) < 4.78 is 7.08. The van der Waals surface area contributed by atoms with Gasteiger partial charge in [0.15, 0.2) is 0 Å². The summed E-state index contributed by atoms with van der Waals surface area (Å²) in [6, 6.07) is 4.49. The lowest BCUT2D eigenvalue weighted by Gasteiger charge is -2.10. The minimum absolute atomic E-state index is 0.0549. The normalized spacial score (nSPS) is 10.9. The number of carboxylic acid groups (broad SMARTS) is 1. The maximum absolute atomic E-state index is 12.3. The number of carbonyl (C=O) groups excluding carboxylic acids is 1. The van der Waals surface area contributed by atoms with Gasteiger partial charge in [-0.3, -0.25) is 9.48 Å². The van der Waals surface area contributed by atoms with Crippen LogP contribution in [0.4, 0.5) is 5.69 Å². The molecule has 0 atom stereocenters. The fraction of sp³-hybridized carbons (Fsp3) is 0.450. The van der Waals surface area contributed by atoms with E-state index in [0.717, 1.165) is 23.5 Å². The third-order valence-corrected chi connectivity index (χ3v) is 4.39. The van der Waals surface area contributed by atoms with Gasteiger partial charge in [-0.1, -0.05) is 13.8 Å². The Morgan fingerprint density at radius 3 is 2.59 bits per heavy atom. The van der Waals surface area contributed by atoms with E-state index in [2.05, 4.69) is 24.3 Å². The lowest BCUT2D eigenvalue weighted by molar-refractivity contribution is -0.116. The predicted octanol–water partition coefficient (Wildman–Crippen LogP) is 3.43. The summed E-state index contributed by atoms with van der Waals surface area (Å²) in [5, 5.41) is 16.5. The number of nitrogens with one attached hydrogen (secondary N) is 1. The number of amides is 1. The van der Waals surface area contributed by atoms with Gasteiger partial charge >= 0.3 is 5.97 Å². The van der Waals surface area contributed by atoms with Crippen LogP contribution in [0, 0.1) is 19.8 Å². The molecule has 0 saturated heterocycles. The molecule has 0 radical (unpaired) electrons. The van der Waals surface area contributed by atoms with Gasteiger partial charge in [0.25, 0.3) is 0 Å². The number of aryl methyl sites for hydroxylation is 1. The van der Waals surface area contributed by atoms with Crippen molar-refractivity contribution < 1.29 is 19.4 Å². The van der Waals surface area contributed by atoms with E-state index in [0.29, 0.717) is 24.4 Å². The van der Waals surface area contributed by atoms with Crippen molar-refractivity contribution in [1.29, 1.82) is 0 Å². The zero-order chi connectivity index (χ0) is 20.1. The lowest BCUT2D eigenvalue weighted by atomic mass is 10.1. The number of aromatic nitrogens is 2. The van der Waals surface area contributed by atoms with Gasteiger partial charge in [0, 0.05) is 30.4 Å². The average Bonchev–Trinajstić information content (AvgIpc) is 2.85. The van der Waals surface area contributed by atoms with Crippen LogP contribution in [0.2, 0.25) is 0 Å². The summed E-state index contributed by atoms with van der Waals surface area (Å²) in [5.74, 6) is -0.505. The molecule has 0 aliphatic carbocycles. The molecule has 1 amide bonds. The van der Waals surface area contributed by atoms with Gasteiger partial charge in [0.2, 0.25) is 5.91 Å². The number of anilines is 1. The summed E-state index contributed by atoms with van der Waals surface area (Å²) >= 11 is 0. The van der Waals surface area contributed by atoms with Gasteiger partial charge in [0.1, 0.15) is 11.3 Å². The number of rotatable bonds is 8. The maximum Gasteiger partial charge on any atom is 0.339 e. The Balaban J connectivity index is 2.03. The third-order valence-electron chi connectivity index (χ3n) is 4.39. The number of methoxy groups -OCH3 is 1. The third kappa shape index (κ3) is 5.09. The second-order valence-electron chi connectivity index (χ2n) is 6.99. The minimum Gasteiger partial charge on any atom is -0.496 e. The van der Waals surface area contributed by atoms with Crippen molar-refractivity contribution in [3.8, 4) is 5.75 Å². The molecule has 7 nitrogen and oxygen atoms in total. The van der Waals surface area contributed by atoms with Crippen LogP contribution in [0.1, 0.15) is 47.6 Å². The number of ether oxygens (including phenoxy) is 1. The molecule has 0 aliphatic rings. The molecule has 1 aromatic carbocycles. The van der Waals surface area contributed by atoms with Crippen molar-refractivity contribution >= 4 is 17.6 Å². The Labute approximate surface area is 159 Å². The highest BCUT2D eigenvalue weighted by molar-refractivity contribution is 5.94. The van der Waals surface area contributed by atoms with E-state index in [4.69, 9.17) is 9.84 Å². The number of hydrogen-bond acceptors (Lipinski definition) is 4. The topological polar surface area (TPSA) is 93.5 Å². The van der Waals surface area contributed by atoms with E-state index in [-0.39, 0.29) is 17.2 Å². The first-order valence-corrected chi connectivity index (χ1v) is 8.97. The zero-order valence-corrected chi connectivity index (χ0v) is 16.5. The second-order valence-corrected chi connectivity index (χ2v) is 6.99. The Morgan fingerprint density at radius 1 is 1.30 bits per heavy atom. The molecule has 1 heterocycles. The molecule has 1 aromatic heterocycles. The maximum atomic E-state index is 12.3. The second kappa shape index (κ2) is 8.70. The first-order valence-electron chi connectivity index (χ1n) is 8.97. The predicted molar refractivity (Wildman–Crippen MR) is 103 cm³/mol. The van der Waals surface area contributed by atoms with Crippen molar-refractivity contribution in [3.63, 3.8) is 0 Å². The standard InChI is InChI=1S/C20H27N3O4/c1-12(2)11-23-14(4)16(13(3)22-23)8-9-19(24)21-15-6-7-17(20(25)26)18(10-15)27-5/h6-7,10,12H,8-9,11H2,1-5H3,(H,21,24)(H,25,26). The van der Waals surface area contributed by atoms with Crippen molar-refractivity contribution in [2.75, 3.05) is 12.4 Å². The SMILES string of the molecule is COc1cc(NC(=O)CCc2c(C)nn(CC(C)C)c2C)ccc1C(=O)O. The van der Waals surface area contributed by atoms with E-state index in [1.165, 1.54) is 19.2 Å². The number of hydrogen-bond donors (Lipinski definition) is 2. The monoisotopic (exact) mass is 373 g/mol. The highest BCUT2D eigenvalue weighted by Crippen LogP contribution is 2.23. The molecule has 146 valence electrons. The van der Waals surface area contributed by atoms with Crippen molar-refractivity contribution in [3.05, 3.63) is 40.7 Å². The number of nitrogens with zero attached hydrogens (tertiary/aromatic N) is 2. The molecule has 0 fully saturated rings. The number of carbonyl (C=O) groups is 2. The van der Waals surface area contributed by atoms with Crippen LogP contribution in [0.15, 0.2) is 18.2 Å². The van der Waals surface area contributed by atoms with Crippen LogP contribution in [0.3, 0.4) is 0 Å². The van der Waals surface area contributed by atoms with Gasteiger partial charge in [-0.25, -0.2) is 4.79 Å². The lowest BCUT2D eigenvalue weighted by Crippen LogP contribution is -2.13. The molecule has 7 heteroatoms. The van der Waals surface area contributed by atoms with Gasteiger partial charge in [0.05, 0.1) is 12.8 Å². The molecule has 2 rings (SSSR count). The van der Waals surface area contributed by atoms with Crippen LogP contribution in [0.25, 0.3) is 0 Å². The molecule has 0 aliphatic heterocycles. The molecular formula is C20H27N3O4. The first kappa shape index (κ1) is 20.5. The van der Waals surface area contributed by atoms with Gasteiger partial charge in [-0.15, -0.1) is 0 Å². The van der Waals surface area contributed by atoms with Crippen molar-refractivity contribution in [2.24, 2.45) is 5.92 Å². The highest BCUT2D eigenvalue weighted by atomic mass is 16.5. The number of carboxylic acids is 1. The molecule has 0 bridgehead atoms. The van der Waals surface area contributed by atoms with E-state index < -0.39 is 5.97 Å². The average molecular weight is 373 g/mol. The summed E-state index contributed by atoms with van der Waals surface area (Å²) in [5.41, 5.74) is 3.71. The highest BCUT2D eigenvalue weighted by Gasteiger charge is 2.15. The number of benzene rings is 1. The fourth-order valence-corrected chi connectivity index (χ4v) is 3.03. The Morgan fingerprint density at radius 2 is 2.00 bits per heavy atom. The molecule has 2 N–H and O–H groups in total. The van der Waals surface area contributed by atoms with E-state index in [1.54, 1.807) is 6.07 Å². The van der Waals surface area contributed by atoms with Crippen LogP contribution in [-0.4, -0.2) is 33.9 Å². The van der Waals surface area contributed by atoms with Gasteiger partial charge in [-0.2, -0.15) is 5.10 Å². The largest absolute Gasteiger partial charge is 0.496 e. The number of aromatic carboxylic acids is 1. The Kier molecular flexibility index (Phi) is 6.60. The van der Waals surface area contributed by atoms with E-state index in [9.17, 15) is 9.59 Å². The fourth-order valence-electron chi connectivity index (χ4n) is 3.03. The quantitative estimate of drug-likeness (QED) is 0.739. The first-order chi connectivity index (χ1) is 12.7. The van der Waals surface area contributed by atoms with Crippen molar-refractivity contribution in [1.82, 2.24) is 9.78 Å². The summed E-state index contributed by atoms with van der Waals surface area (Å²) in [4.78, 5) is 23.4. The Hall–Kier alpha value is -2.83. The van der Waals surface area contributed by atoms with Crippen LogP contribution < -0.4 is 10.1 Å². The van der Waals surface area contributed by atoms with E-state index in [1.807, 2.05) is 18.5 Å². The van der Waals surface area contributed by atoms with Gasteiger partial charge < -0.3 is 15.2 Å². The summed E-state index contributed by atoms with van der Waals surface area (Å²) in [6.07, 6.45) is 0.921. The van der Waals surface area contributed by atoms with Crippen LogP contribution in [0.5, 0.6) is 5.75 Å². The van der Waals surface area contributed by atoms with Crippen LogP contribution in [-0.2, 0) is 17.8 Å². The van der Waals surface area contributed by atoms with Crippen LogP contribution >= 0.6 is 0 Å². The molecule has 0 unspecified atom stereocenters. The minimum atomic E-state index is -1.07. The molecule has 2 aromatic rings. The van der Waals surface area contributed by atoms with Gasteiger partial charge in [-0.05, 0) is 43.9 Å². The van der Waals surface area contributed by atoms with Crippen molar-refractivity contribution in [2.45, 2.75) is 47.1 Å². The molecule has 0 saturated carbocycles. The molecule has 27 heavy (non-hydrogen) atoms. The molecular weight excluding hydrogens is 346 g/mol. The zero-order valence-electron chi connectivity index (χ0n) is 16.5. The Bertz CT molecular complexity index is 840. The molecule has 0 spiro atoms.